The van der Waals surface area contributed by atoms with Crippen LogP contribution in [0.3, 0.4) is 0 Å². The number of hydrogen-bond donors (Lipinski definition) is 0. The lowest BCUT2D eigenvalue weighted by atomic mass is 10.2. The molecule has 7 nitrogen and oxygen atoms in total. The maximum atomic E-state index is 12.4. The minimum Gasteiger partial charge on any atom is -0.493 e. The van der Waals surface area contributed by atoms with Crippen molar-refractivity contribution in [3.8, 4) is 11.5 Å². The Bertz CT molecular complexity index is 784. The van der Waals surface area contributed by atoms with E-state index in [9.17, 15) is 13.2 Å². The number of carbonyl (C=O) groups excluding carboxylic acids is 1. The molecule has 0 aromatic heterocycles. The topological polar surface area (TPSA) is 76.2 Å². The van der Waals surface area contributed by atoms with E-state index in [0.29, 0.717) is 50.8 Å². The second kappa shape index (κ2) is 10.5. The SMILES string of the molecule is CCCOc1ccc(/C=C/C(=O)N2CCN(CCS(C)(=O)=O)CC2)cc1OC. The van der Waals surface area contributed by atoms with Gasteiger partial charge < -0.3 is 14.4 Å². The summed E-state index contributed by atoms with van der Waals surface area (Å²) in [5.41, 5.74) is 0.862. The van der Waals surface area contributed by atoms with Gasteiger partial charge in [0.15, 0.2) is 11.5 Å². The van der Waals surface area contributed by atoms with Crippen LogP contribution in [0.5, 0.6) is 11.5 Å². The minimum atomic E-state index is -2.96. The molecule has 1 aliphatic rings. The molecule has 1 aromatic carbocycles. The molecule has 2 rings (SSSR count). The third kappa shape index (κ3) is 7.16. The fourth-order valence-corrected chi connectivity index (χ4v) is 3.47. The Kier molecular flexibility index (Phi) is 8.32. The van der Waals surface area contributed by atoms with Crippen LogP contribution in [0, 0.1) is 0 Å². The molecule has 0 bridgehead atoms. The molecule has 1 aliphatic heterocycles. The fraction of sp³-hybridized carbons (Fsp3) is 0.550. The highest BCUT2D eigenvalue weighted by Gasteiger charge is 2.20. The number of hydrogen-bond acceptors (Lipinski definition) is 6. The van der Waals surface area contributed by atoms with E-state index in [4.69, 9.17) is 9.47 Å². The van der Waals surface area contributed by atoms with Crippen LogP contribution in [0.15, 0.2) is 24.3 Å². The lowest BCUT2D eigenvalue weighted by molar-refractivity contribution is -0.127. The molecular formula is C20H30N2O5S. The van der Waals surface area contributed by atoms with Crippen molar-refractivity contribution in [2.45, 2.75) is 13.3 Å². The number of sulfone groups is 1. The van der Waals surface area contributed by atoms with Gasteiger partial charge >= 0.3 is 0 Å². The average molecular weight is 411 g/mol. The molecule has 1 aromatic rings. The van der Waals surface area contributed by atoms with E-state index in [0.717, 1.165) is 12.0 Å². The second-order valence-corrected chi connectivity index (χ2v) is 9.15. The lowest BCUT2D eigenvalue weighted by Gasteiger charge is -2.34. The Morgan fingerprint density at radius 2 is 1.89 bits per heavy atom. The third-order valence-electron chi connectivity index (χ3n) is 4.53. The smallest absolute Gasteiger partial charge is 0.246 e. The monoisotopic (exact) mass is 410 g/mol. The largest absolute Gasteiger partial charge is 0.493 e. The molecule has 0 aliphatic carbocycles. The first-order chi connectivity index (χ1) is 13.3. The van der Waals surface area contributed by atoms with E-state index in [2.05, 4.69) is 4.90 Å². The van der Waals surface area contributed by atoms with Crippen molar-refractivity contribution in [1.29, 1.82) is 0 Å². The minimum absolute atomic E-state index is 0.0481. The molecular weight excluding hydrogens is 380 g/mol. The normalized spacial score (nSPS) is 15.8. The number of rotatable bonds is 9. The number of piperazine rings is 1. The van der Waals surface area contributed by atoms with Gasteiger partial charge in [-0.05, 0) is 30.2 Å². The molecule has 0 spiro atoms. The lowest BCUT2D eigenvalue weighted by Crippen LogP contribution is -2.49. The van der Waals surface area contributed by atoms with E-state index in [-0.39, 0.29) is 11.7 Å². The van der Waals surface area contributed by atoms with Gasteiger partial charge in [-0.25, -0.2) is 8.42 Å². The van der Waals surface area contributed by atoms with E-state index >= 15 is 0 Å². The van der Waals surface area contributed by atoms with Gasteiger partial charge in [0.2, 0.25) is 5.91 Å². The Hall–Kier alpha value is -2.06. The standard InChI is InChI=1S/C20H30N2O5S/c1-4-14-27-18-7-5-17(16-19(18)26-2)6-8-20(23)22-11-9-21(10-12-22)13-15-28(3,24)25/h5-8,16H,4,9-15H2,1-3H3/b8-6+. The quantitative estimate of drug-likeness (QED) is 0.577. The Labute approximate surface area is 167 Å². The summed E-state index contributed by atoms with van der Waals surface area (Å²) < 4.78 is 33.5. The fourth-order valence-electron chi connectivity index (χ4n) is 2.88. The zero-order valence-electron chi connectivity index (χ0n) is 16.9. The number of nitrogens with zero attached hydrogens (tertiary/aromatic N) is 2. The number of benzene rings is 1. The molecule has 1 amide bonds. The average Bonchev–Trinajstić information content (AvgIpc) is 2.69. The van der Waals surface area contributed by atoms with E-state index < -0.39 is 9.84 Å². The molecule has 28 heavy (non-hydrogen) atoms. The summed E-state index contributed by atoms with van der Waals surface area (Å²) in [6.45, 7) is 5.75. The first-order valence-electron chi connectivity index (χ1n) is 9.50. The highest BCUT2D eigenvalue weighted by Crippen LogP contribution is 2.28. The molecule has 1 fully saturated rings. The van der Waals surface area contributed by atoms with E-state index in [1.165, 1.54) is 6.26 Å². The summed E-state index contributed by atoms with van der Waals surface area (Å²) in [4.78, 5) is 16.3. The molecule has 1 saturated heterocycles. The van der Waals surface area contributed by atoms with Crippen LogP contribution in [-0.4, -0.2) is 82.6 Å². The van der Waals surface area contributed by atoms with Crippen molar-refractivity contribution in [3.05, 3.63) is 29.8 Å². The van der Waals surface area contributed by atoms with Crippen molar-refractivity contribution in [2.75, 3.05) is 58.4 Å². The van der Waals surface area contributed by atoms with Crippen molar-refractivity contribution >= 4 is 21.8 Å². The molecule has 0 unspecified atom stereocenters. The van der Waals surface area contributed by atoms with Crippen molar-refractivity contribution in [3.63, 3.8) is 0 Å². The van der Waals surface area contributed by atoms with Gasteiger partial charge in [0.1, 0.15) is 9.84 Å². The second-order valence-electron chi connectivity index (χ2n) is 6.89. The first kappa shape index (κ1) is 22.2. The van der Waals surface area contributed by atoms with Crippen LogP contribution in [0.25, 0.3) is 6.08 Å². The zero-order valence-corrected chi connectivity index (χ0v) is 17.7. The zero-order chi connectivity index (χ0) is 20.6. The predicted octanol–water partition coefficient (Wildman–Crippen LogP) is 1.69. The summed E-state index contributed by atoms with van der Waals surface area (Å²) in [6.07, 6.45) is 5.49. The molecule has 0 saturated carbocycles. The van der Waals surface area contributed by atoms with Crippen LogP contribution < -0.4 is 9.47 Å². The molecule has 0 N–H and O–H groups in total. The maximum Gasteiger partial charge on any atom is 0.246 e. The molecule has 1 heterocycles. The number of methoxy groups -OCH3 is 1. The molecule has 156 valence electrons. The Morgan fingerprint density at radius 1 is 1.18 bits per heavy atom. The Balaban J connectivity index is 1.88. The highest BCUT2D eigenvalue weighted by molar-refractivity contribution is 7.90. The number of carbonyl (C=O) groups is 1. The first-order valence-corrected chi connectivity index (χ1v) is 11.6. The number of amides is 1. The van der Waals surface area contributed by atoms with Crippen LogP contribution >= 0.6 is 0 Å². The summed E-state index contributed by atoms with van der Waals surface area (Å²) >= 11 is 0. The van der Waals surface area contributed by atoms with Gasteiger partial charge in [-0.15, -0.1) is 0 Å². The van der Waals surface area contributed by atoms with Crippen LogP contribution in [-0.2, 0) is 14.6 Å². The van der Waals surface area contributed by atoms with Crippen molar-refractivity contribution in [2.24, 2.45) is 0 Å². The maximum absolute atomic E-state index is 12.4. The van der Waals surface area contributed by atoms with Gasteiger partial charge in [-0.1, -0.05) is 13.0 Å². The number of ether oxygens (including phenoxy) is 2. The van der Waals surface area contributed by atoms with Gasteiger partial charge in [0.25, 0.3) is 0 Å². The highest BCUT2D eigenvalue weighted by atomic mass is 32.2. The van der Waals surface area contributed by atoms with E-state index in [1.807, 2.05) is 25.1 Å². The van der Waals surface area contributed by atoms with Crippen molar-refractivity contribution in [1.82, 2.24) is 9.80 Å². The van der Waals surface area contributed by atoms with Crippen LogP contribution in [0.4, 0.5) is 0 Å². The van der Waals surface area contributed by atoms with Crippen LogP contribution in [0.2, 0.25) is 0 Å². The molecule has 0 radical (unpaired) electrons. The van der Waals surface area contributed by atoms with Gasteiger partial charge in [-0.3, -0.25) is 9.69 Å². The Morgan fingerprint density at radius 3 is 2.50 bits per heavy atom. The van der Waals surface area contributed by atoms with Crippen LogP contribution in [0.1, 0.15) is 18.9 Å². The summed E-state index contributed by atoms with van der Waals surface area (Å²) in [6, 6.07) is 5.58. The van der Waals surface area contributed by atoms with Gasteiger partial charge in [0.05, 0.1) is 19.5 Å². The molecule has 8 heteroatoms. The summed E-state index contributed by atoms with van der Waals surface area (Å²) in [5, 5.41) is 0. The summed E-state index contributed by atoms with van der Waals surface area (Å²) in [7, 11) is -1.37. The van der Waals surface area contributed by atoms with Gasteiger partial charge in [-0.2, -0.15) is 0 Å². The molecule has 0 atom stereocenters. The van der Waals surface area contributed by atoms with Crippen molar-refractivity contribution < 1.29 is 22.7 Å². The van der Waals surface area contributed by atoms with Gasteiger partial charge in [0, 0.05) is 45.1 Å². The predicted molar refractivity (Wildman–Crippen MR) is 111 cm³/mol. The third-order valence-corrected chi connectivity index (χ3v) is 5.45. The summed E-state index contributed by atoms with van der Waals surface area (Å²) in [5.74, 6) is 1.44. The van der Waals surface area contributed by atoms with E-state index in [1.54, 1.807) is 24.2 Å².